The third-order valence-electron chi connectivity index (χ3n) is 7.24. The van der Waals surface area contributed by atoms with E-state index in [1.165, 1.54) is 0 Å². The summed E-state index contributed by atoms with van der Waals surface area (Å²) in [5, 5.41) is 20.6. The van der Waals surface area contributed by atoms with Crippen molar-refractivity contribution in [2.45, 2.75) is 104 Å². The molecule has 0 heterocycles. The van der Waals surface area contributed by atoms with Gasteiger partial charge in [-0.25, -0.2) is 9.59 Å². The fourth-order valence-corrected chi connectivity index (χ4v) is 5.20. The van der Waals surface area contributed by atoms with Gasteiger partial charge in [0.1, 0.15) is 12.2 Å². The first-order valence-electron chi connectivity index (χ1n) is 11.8. The summed E-state index contributed by atoms with van der Waals surface area (Å²) < 4.78 is 11.2. The summed E-state index contributed by atoms with van der Waals surface area (Å²) in [4.78, 5) is 25.0. The van der Waals surface area contributed by atoms with Crippen LogP contribution in [-0.4, -0.2) is 46.6 Å². The second-order valence-electron chi connectivity index (χ2n) is 10.5. The number of hydrogen-bond donors (Lipinski definition) is 2. The fourth-order valence-electron chi connectivity index (χ4n) is 5.20. The van der Waals surface area contributed by atoms with Crippen LogP contribution in [0.4, 0.5) is 0 Å². The lowest BCUT2D eigenvalue weighted by molar-refractivity contribution is -0.185. The molecule has 0 aromatic carbocycles. The molecule has 2 rings (SSSR count). The quantitative estimate of drug-likeness (QED) is 0.603. The topological polar surface area (TPSA) is 93.1 Å². The summed E-state index contributed by atoms with van der Waals surface area (Å²) >= 11 is 0. The Morgan fingerprint density at radius 2 is 1.03 bits per heavy atom. The first-order chi connectivity index (χ1) is 14.0. The lowest BCUT2D eigenvalue weighted by atomic mass is 9.75. The van der Waals surface area contributed by atoms with Gasteiger partial charge in [0.05, 0.1) is 0 Å². The summed E-state index contributed by atoms with van der Waals surface area (Å²) in [6.45, 7) is 12.6. The van der Waals surface area contributed by atoms with Crippen molar-refractivity contribution in [3.63, 3.8) is 0 Å². The Bertz CT molecular complexity index is 524. The molecule has 8 unspecified atom stereocenters. The van der Waals surface area contributed by atoms with E-state index >= 15 is 0 Å². The maximum Gasteiger partial charge on any atom is 0.338 e. The van der Waals surface area contributed by atoms with Gasteiger partial charge in [0.15, 0.2) is 12.2 Å². The number of hydrogen-bond acceptors (Lipinski definition) is 6. The Morgan fingerprint density at radius 3 is 1.33 bits per heavy atom. The van der Waals surface area contributed by atoms with Crippen LogP contribution in [0.5, 0.6) is 0 Å². The molecule has 0 aromatic heterocycles. The lowest BCUT2D eigenvalue weighted by Crippen LogP contribution is -2.47. The highest BCUT2D eigenvalue weighted by Crippen LogP contribution is 2.37. The molecule has 2 saturated carbocycles. The maximum atomic E-state index is 12.5. The van der Waals surface area contributed by atoms with Gasteiger partial charge in [-0.3, -0.25) is 0 Å². The lowest BCUT2D eigenvalue weighted by Gasteiger charge is -2.38. The van der Waals surface area contributed by atoms with E-state index in [0.717, 1.165) is 38.5 Å². The summed E-state index contributed by atoms with van der Waals surface area (Å²) in [6, 6.07) is 0. The first-order valence-corrected chi connectivity index (χ1v) is 11.8. The van der Waals surface area contributed by atoms with E-state index in [0.29, 0.717) is 23.7 Å². The van der Waals surface area contributed by atoms with Crippen molar-refractivity contribution in [2.75, 3.05) is 0 Å². The van der Waals surface area contributed by atoms with E-state index in [1.54, 1.807) is 0 Å². The molecule has 2 aliphatic carbocycles. The molecule has 0 amide bonds. The van der Waals surface area contributed by atoms with Crippen molar-refractivity contribution in [1.82, 2.24) is 0 Å². The molecule has 0 radical (unpaired) electrons. The molecule has 0 saturated heterocycles. The van der Waals surface area contributed by atoms with E-state index in [-0.39, 0.29) is 24.0 Å². The van der Waals surface area contributed by atoms with Gasteiger partial charge in [0.25, 0.3) is 0 Å². The monoisotopic (exact) mass is 426 g/mol. The van der Waals surface area contributed by atoms with Crippen LogP contribution < -0.4 is 0 Å². The highest BCUT2D eigenvalue weighted by atomic mass is 16.6. The molecule has 0 aliphatic heterocycles. The van der Waals surface area contributed by atoms with E-state index in [1.807, 2.05) is 0 Å². The third kappa shape index (κ3) is 6.43. The Balaban J connectivity index is 1.96. The normalized spacial score (nSPS) is 34.5. The van der Waals surface area contributed by atoms with Crippen molar-refractivity contribution in [1.29, 1.82) is 0 Å². The molecule has 6 heteroatoms. The zero-order chi connectivity index (χ0) is 22.6. The molecule has 0 spiro atoms. The van der Waals surface area contributed by atoms with Gasteiger partial charge in [-0.2, -0.15) is 0 Å². The summed E-state index contributed by atoms with van der Waals surface area (Å²) in [5.41, 5.74) is 0. The summed E-state index contributed by atoms with van der Waals surface area (Å²) in [5.74, 6) is 0.126. The summed E-state index contributed by atoms with van der Waals surface area (Å²) in [6.07, 6.45) is 1.11. The summed E-state index contributed by atoms with van der Waals surface area (Å²) in [7, 11) is 0. The van der Waals surface area contributed by atoms with Crippen molar-refractivity contribution < 1.29 is 29.3 Å². The molecular weight excluding hydrogens is 384 g/mol. The van der Waals surface area contributed by atoms with Gasteiger partial charge < -0.3 is 19.7 Å². The van der Waals surface area contributed by atoms with Gasteiger partial charge in [0.2, 0.25) is 0 Å². The molecule has 30 heavy (non-hydrogen) atoms. The number of carbonyl (C=O) groups excluding carboxylic acids is 2. The van der Waals surface area contributed by atoms with E-state index in [4.69, 9.17) is 9.47 Å². The highest BCUT2D eigenvalue weighted by Gasteiger charge is 2.40. The number of esters is 2. The smallest absolute Gasteiger partial charge is 0.338 e. The standard InChI is InChI=1S/C24H42O6/c1-13(2)17-9-7-15(5)11-19(17)29-23(27)21(25)22(26)24(28)30-20-12-16(6)8-10-18(20)14(3)4/h13-22,25-26H,7-12H2,1-6H3. The van der Waals surface area contributed by atoms with Crippen molar-refractivity contribution >= 4 is 11.9 Å². The molecule has 6 nitrogen and oxygen atoms in total. The van der Waals surface area contributed by atoms with Crippen LogP contribution in [0.1, 0.15) is 80.1 Å². The van der Waals surface area contributed by atoms with Gasteiger partial charge in [-0.15, -0.1) is 0 Å². The second-order valence-corrected chi connectivity index (χ2v) is 10.5. The molecule has 2 aliphatic rings. The van der Waals surface area contributed by atoms with E-state index in [2.05, 4.69) is 41.5 Å². The van der Waals surface area contributed by atoms with E-state index < -0.39 is 24.1 Å². The SMILES string of the molecule is CC1CCC(C(C)C)C(OC(=O)C(O)C(O)C(=O)OC2CC(C)CCC2C(C)C)C1. The molecule has 0 bridgehead atoms. The Kier molecular flexibility index (Phi) is 9.16. The number of aliphatic hydroxyl groups excluding tert-OH is 2. The molecule has 2 fully saturated rings. The average molecular weight is 427 g/mol. The Morgan fingerprint density at radius 1 is 0.700 bits per heavy atom. The van der Waals surface area contributed by atoms with Crippen LogP contribution in [0.15, 0.2) is 0 Å². The maximum absolute atomic E-state index is 12.5. The van der Waals surface area contributed by atoms with Crippen LogP contribution in [0, 0.1) is 35.5 Å². The van der Waals surface area contributed by atoms with Gasteiger partial charge >= 0.3 is 11.9 Å². The van der Waals surface area contributed by atoms with Crippen molar-refractivity contribution in [3.05, 3.63) is 0 Å². The molecule has 174 valence electrons. The van der Waals surface area contributed by atoms with Gasteiger partial charge in [-0.1, -0.05) is 54.4 Å². The number of aliphatic hydroxyl groups is 2. The van der Waals surface area contributed by atoms with E-state index in [9.17, 15) is 19.8 Å². The van der Waals surface area contributed by atoms with Crippen LogP contribution in [0.2, 0.25) is 0 Å². The second kappa shape index (κ2) is 10.9. The molecular formula is C24H42O6. The molecule has 0 aromatic rings. The van der Waals surface area contributed by atoms with Crippen LogP contribution >= 0.6 is 0 Å². The number of ether oxygens (including phenoxy) is 2. The van der Waals surface area contributed by atoms with Crippen LogP contribution in [-0.2, 0) is 19.1 Å². The molecule has 8 atom stereocenters. The average Bonchev–Trinajstić information content (AvgIpc) is 2.66. The Labute approximate surface area is 181 Å². The van der Waals surface area contributed by atoms with Crippen molar-refractivity contribution in [2.24, 2.45) is 35.5 Å². The zero-order valence-electron chi connectivity index (χ0n) is 19.5. The molecule has 2 N–H and O–H groups in total. The largest absolute Gasteiger partial charge is 0.460 e. The minimum Gasteiger partial charge on any atom is -0.460 e. The number of carbonyl (C=O) groups is 2. The third-order valence-corrected chi connectivity index (χ3v) is 7.24. The predicted octanol–water partition coefficient (Wildman–Crippen LogP) is 3.72. The minimum atomic E-state index is -1.93. The van der Waals surface area contributed by atoms with Gasteiger partial charge in [-0.05, 0) is 61.2 Å². The fraction of sp³-hybridized carbons (Fsp3) is 0.917. The Hall–Kier alpha value is -1.14. The first kappa shape index (κ1) is 25.1. The van der Waals surface area contributed by atoms with Crippen molar-refractivity contribution in [3.8, 4) is 0 Å². The van der Waals surface area contributed by atoms with Crippen LogP contribution in [0.25, 0.3) is 0 Å². The van der Waals surface area contributed by atoms with Gasteiger partial charge in [0, 0.05) is 0 Å². The predicted molar refractivity (Wildman–Crippen MR) is 114 cm³/mol. The number of rotatable bonds is 7. The minimum absolute atomic E-state index is 0.219. The van der Waals surface area contributed by atoms with Crippen LogP contribution in [0.3, 0.4) is 0 Å². The highest BCUT2D eigenvalue weighted by molar-refractivity contribution is 5.85. The zero-order valence-corrected chi connectivity index (χ0v) is 19.5.